The van der Waals surface area contributed by atoms with Crippen LogP contribution >= 0.6 is 12.4 Å². The Labute approximate surface area is 162 Å². The molecule has 1 saturated heterocycles. The standard InChI is InChI=1S/C23H27NO.ClH/c25-15-21-6-3-11-24(21)14-22-18-8-10-20(13-18)23(22)19-9-7-16-4-1-2-5-17(16)12-19;/h1-2,4-5,7,9,12,18,20-21,25H,3,6,8,10-11,13-15H2;1H/t18?,20?,21-;/m0./s1. The van der Waals surface area contributed by atoms with Crippen LogP contribution in [0, 0.1) is 11.8 Å². The molecule has 2 bridgehead atoms. The largest absolute Gasteiger partial charge is 0.395 e. The van der Waals surface area contributed by atoms with E-state index in [0.717, 1.165) is 31.3 Å². The van der Waals surface area contributed by atoms with Crippen LogP contribution in [0.3, 0.4) is 0 Å². The van der Waals surface area contributed by atoms with Gasteiger partial charge in [-0.1, -0.05) is 36.4 Å². The summed E-state index contributed by atoms with van der Waals surface area (Å²) in [5.74, 6) is 1.54. The zero-order valence-electron chi connectivity index (χ0n) is 15.2. The summed E-state index contributed by atoms with van der Waals surface area (Å²) in [5.41, 5.74) is 4.78. The second-order valence-electron chi connectivity index (χ2n) is 8.16. The predicted octanol–water partition coefficient (Wildman–Crippen LogP) is 4.90. The zero-order valence-corrected chi connectivity index (χ0v) is 16.0. The molecular formula is C23H28ClNO. The third-order valence-corrected chi connectivity index (χ3v) is 6.82. The Balaban J connectivity index is 0.00000168. The fourth-order valence-corrected chi connectivity index (χ4v) is 5.56. The van der Waals surface area contributed by atoms with E-state index in [9.17, 15) is 5.11 Å². The number of aliphatic hydroxyl groups is 1. The van der Waals surface area contributed by atoms with E-state index >= 15 is 0 Å². The van der Waals surface area contributed by atoms with Crippen LogP contribution in [0.25, 0.3) is 16.3 Å². The Morgan fingerprint density at radius 3 is 2.62 bits per heavy atom. The molecular weight excluding hydrogens is 342 g/mol. The van der Waals surface area contributed by atoms with Crippen molar-refractivity contribution in [3.63, 3.8) is 0 Å². The first kappa shape index (κ1) is 18.0. The third-order valence-electron chi connectivity index (χ3n) is 6.82. The number of hydrogen-bond donors (Lipinski definition) is 1. The van der Waals surface area contributed by atoms with Crippen LogP contribution in [-0.4, -0.2) is 35.7 Å². The number of halogens is 1. The van der Waals surface area contributed by atoms with Crippen LogP contribution in [0.2, 0.25) is 0 Å². The first-order chi connectivity index (χ1) is 12.3. The van der Waals surface area contributed by atoms with Crippen LogP contribution in [0.15, 0.2) is 48.0 Å². The highest BCUT2D eigenvalue weighted by Gasteiger charge is 2.40. The van der Waals surface area contributed by atoms with E-state index in [2.05, 4.69) is 47.4 Å². The number of hydrogen-bond acceptors (Lipinski definition) is 2. The molecule has 1 saturated carbocycles. The Morgan fingerprint density at radius 2 is 1.77 bits per heavy atom. The summed E-state index contributed by atoms with van der Waals surface area (Å²) >= 11 is 0. The molecule has 5 rings (SSSR count). The molecule has 1 N–H and O–H groups in total. The second kappa shape index (κ2) is 7.34. The number of nitrogens with zero attached hydrogens (tertiary/aromatic N) is 1. The average Bonchev–Trinajstić information content (AvgIpc) is 3.37. The van der Waals surface area contributed by atoms with Crippen molar-refractivity contribution in [3.05, 3.63) is 53.6 Å². The van der Waals surface area contributed by atoms with Gasteiger partial charge in [0, 0.05) is 12.6 Å². The van der Waals surface area contributed by atoms with Gasteiger partial charge in [-0.2, -0.15) is 0 Å². The molecule has 2 unspecified atom stereocenters. The summed E-state index contributed by atoms with van der Waals surface area (Å²) in [5, 5.41) is 12.4. The lowest BCUT2D eigenvalue weighted by Gasteiger charge is -2.28. The van der Waals surface area contributed by atoms with E-state index in [0.29, 0.717) is 12.6 Å². The van der Waals surface area contributed by atoms with Crippen molar-refractivity contribution in [2.75, 3.05) is 19.7 Å². The van der Waals surface area contributed by atoms with Crippen molar-refractivity contribution >= 4 is 28.8 Å². The van der Waals surface area contributed by atoms with E-state index in [1.165, 1.54) is 42.0 Å². The maximum absolute atomic E-state index is 9.69. The van der Waals surface area contributed by atoms with Crippen LogP contribution in [-0.2, 0) is 0 Å². The van der Waals surface area contributed by atoms with Crippen molar-refractivity contribution in [2.45, 2.75) is 38.1 Å². The first-order valence-electron chi connectivity index (χ1n) is 9.90. The summed E-state index contributed by atoms with van der Waals surface area (Å²) in [4.78, 5) is 2.54. The van der Waals surface area contributed by atoms with Crippen LogP contribution in [0.5, 0.6) is 0 Å². The van der Waals surface area contributed by atoms with Crippen LogP contribution in [0.4, 0.5) is 0 Å². The highest BCUT2D eigenvalue weighted by atomic mass is 35.5. The molecule has 1 heterocycles. The summed E-state index contributed by atoms with van der Waals surface area (Å²) in [6, 6.07) is 16.1. The van der Waals surface area contributed by atoms with Gasteiger partial charge in [0.25, 0.3) is 0 Å². The third kappa shape index (κ3) is 2.98. The molecule has 2 aliphatic carbocycles. The van der Waals surface area contributed by atoms with Crippen molar-refractivity contribution in [1.82, 2.24) is 4.90 Å². The molecule has 0 amide bonds. The minimum absolute atomic E-state index is 0. The maximum atomic E-state index is 9.69. The molecule has 2 fully saturated rings. The fraction of sp³-hybridized carbons (Fsp3) is 0.478. The smallest absolute Gasteiger partial charge is 0.0587 e. The summed E-state index contributed by atoms with van der Waals surface area (Å²) in [7, 11) is 0. The van der Waals surface area contributed by atoms with Gasteiger partial charge in [-0.3, -0.25) is 4.90 Å². The number of aliphatic hydroxyl groups excluding tert-OH is 1. The highest BCUT2D eigenvalue weighted by Crippen LogP contribution is 2.53. The number of rotatable bonds is 4. The molecule has 0 radical (unpaired) electrons. The summed E-state index contributed by atoms with van der Waals surface area (Å²) in [6.07, 6.45) is 6.48. The van der Waals surface area contributed by atoms with E-state index in [1.807, 2.05) is 0 Å². The van der Waals surface area contributed by atoms with Crippen LogP contribution in [0.1, 0.15) is 37.7 Å². The molecule has 3 heteroatoms. The van der Waals surface area contributed by atoms with Gasteiger partial charge < -0.3 is 5.11 Å². The molecule has 3 aliphatic rings. The summed E-state index contributed by atoms with van der Waals surface area (Å²) in [6.45, 7) is 2.54. The minimum atomic E-state index is 0. The SMILES string of the molecule is Cl.OC[C@@H]1CCCN1CC1=C(c2ccc3ccccc3c2)C2CCC1C2. The van der Waals surface area contributed by atoms with Gasteiger partial charge in [0.1, 0.15) is 0 Å². The van der Waals surface area contributed by atoms with Gasteiger partial charge in [-0.05, 0) is 84.0 Å². The molecule has 0 aromatic heterocycles. The van der Waals surface area contributed by atoms with Crippen LogP contribution < -0.4 is 0 Å². The van der Waals surface area contributed by atoms with Gasteiger partial charge in [-0.15, -0.1) is 12.4 Å². The number of likely N-dealkylation sites (tertiary alicyclic amines) is 1. The molecule has 26 heavy (non-hydrogen) atoms. The van der Waals surface area contributed by atoms with Crippen molar-refractivity contribution in [3.8, 4) is 0 Å². The molecule has 2 nitrogen and oxygen atoms in total. The molecule has 1 aliphatic heterocycles. The maximum Gasteiger partial charge on any atom is 0.0587 e. The molecule has 3 atom stereocenters. The van der Waals surface area contributed by atoms with Gasteiger partial charge in [0.15, 0.2) is 0 Å². The second-order valence-corrected chi connectivity index (χ2v) is 8.16. The Morgan fingerprint density at radius 1 is 0.962 bits per heavy atom. The lowest BCUT2D eigenvalue weighted by atomic mass is 9.86. The molecule has 2 aromatic rings. The van der Waals surface area contributed by atoms with E-state index in [-0.39, 0.29) is 12.4 Å². The molecule has 2 aromatic carbocycles. The minimum Gasteiger partial charge on any atom is -0.395 e. The topological polar surface area (TPSA) is 23.5 Å². The van der Waals surface area contributed by atoms with Crippen molar-refractivity contribution < 1.29 is 5.11 Å². The monoisotopic (exact) mass is 369 g/mol. The lowest BCUT2D eigenvalue weighted by molar-refractivity contribution is 0.165. The Kier molecular flexibility index (Phi) is 5.09. The number of allylic oxidation sites excluding steroid dienone is 1. The Bertz CT molecular complexity index is 830. The number of benzene rings is 2. The van der Waals surface area contributed by atoms with E-state index < -0.39 is 0 Å². The predicted molar refractivity (Wildman–Crippen MR) is 111 cm³/mol. The van der Waals surface area contributed by atoms with Gasteiger partial charge in [0.05, 0.1) is 6.61 Å². The van der Waals surface area contributed by atoms with Crippen molar-refractivity contribution in [2.24, 2.45) is 11.8 Å². The lowest BCUT2D eigenvalue weighted by Crippen LogP contribution is -2.34. The quantitative estimate of drug-likeness (QED) is 0.828. The number of fused-ring (bicyclic) bond motifs is 3. The molecule has 0 spiro atoms. The van der Waals surface area contributed by atoms with Gasteiger partial charge in [0.2, 0.25) is 0 Å². The zero-order chi connectivity index (χ0) is 16.8. The van der Waals surface area contributed by atoms with E-state index in [1.54, 1.807) is 11.1 Å². The average molecular weight is 370 g/mol. The normalized spacial score (nSPS) is 28.1. The Hall–Kier alpha value is -1.35. The summed E-state index contributed by atoms with van der Waals surface area (Å²) < 4.78 is 0. The molecule has 138 valence electrons. The van der Waals surface area contributed by atoms with Gasteiger partial charge >= 0.3 is 0 Å². The highest BCUT2D eigenvalue weighted by molar-refractivity contribution is 5.87. The first-order valence-corrected chi connectivity index (χ1v) is 9.90. The fourth-order valence-electron chi connectivity index (χ4n) is 5.56. The van der Waals surface area contributed by atoms with Gasteiger partial charge in [-0.25, -0.2) is 0 Å². The van der Waals surface area contributed by atoms with E-state index in [4.69, 9.17) is 0 Å². The van der Waals surface area contributed by atoms with Crippen molar-refractivity contribution in [1.29, 1.82) is 0 Å².